The maximum atomic E-state index is 8.16. The van der Waals surface area contributed by atoms with E-state index in [-0.39, 0.29) is 10.6 Å². The first kappa shape index (κ1) is 9.74. The number of quaternary nitrogens is 1. The van der Waals surface area contributed by atoms with Crippen LogP contribution in [-0.4, -0.2) is 43.6 Å². The molecule has 0 fully saturated rings. The quantitative estimate of drug-likeness (QED) is 0.114. The van der Waals surface area contributed by atoms with Crippen molar-refractivity contribution < 1.29 is 4.59 Å². The first-order valence-electron chi connectivity index (χ1n) is 3.09. The zero-order chi connectivity index (χ0) is 9.07. The SMILES string of the molecule is CN(C)C(=N)[N+](C)(C)N=[N+]=[N-]. The summed E-state index contributed by atoms with van der Waals surface area (Å²) in [6.07, 6.45) is 0. The number of rotatable bonds is 1. The Balaban J connectivity index is 4.55. The van der Waals surface area contributed by atoms with Crippen LogP contribution in [0, 0.1) is 5.41 Å². The Morgan fingerprint density at radius 1 is 1.55 bits per heavy atom. The van der Waals surface area contributed by atoms with Gasteiger partial charge in [0.1, 0.15) is 5.22 Å². The molecule has 0 saturated carbocycles. The topological polar surface area (TPSA) is 75.9 Å². The molecule has 0 aliphatic rings. The molecule has 11 heavy (non-hydrogen) atoms. The van der Waals surface area contributed by atoms with E-state index in [2.05, 4.69) is 10.1 Å². The van der Waals surface area contributed by atoms with Gasteiger partial charge in [0.2, 0.25) is 0 Å². The number of guanidine groups is 1. The summed E-state index contributed by atoms with van der Waals surface area (Å²) in [5.41, 5.74) is 8.16. The van der Waals surface area contributed by atoms with E-state index in [0.29, 0.717) is 0 Å². The molecule has 0 spiro atoms. The van der Waals surface area contributed by atoms with E-state index in [1.807, 2.05) is 0 Å². The zero-order valence-corrected chi connectivity index (χ0v) is 7.24. The van der Waals surface area contributed by atoms with E-state index in [9.17, 15) is 0 Å². The Labute approximate surface area is 65.7 Å². The number of nitrogens with zero attached hydrogens (tertiary/aromatic N) is 5. The van der Waals surface area contributed by atoms with Gasteiger partial charge in [-0.25, -0.2) is 5.41 Å². The van der Waals surface area contributed by atoms with Gasteiger partial charge in [-0.15, -0.1) is 0 Å². The molecule has 0 rings (SSSR count). The van der Waals surface area contributed by atoms with Crippen LogP contribution in [0.4, 0.5) is 0 Å². The fourth-order valence-corrected chi connectivity index (χ4v) is 0.632. The standard InChI is InChI=1S/C5H13N6/c1-10(2)5(6)11(3,4)9-8-7/h6H,1-4H3/q+1. The normalized spacial score (nSPS) is 10.2. The minimum Gasteiger partial charge on any atom is -0.317 e. The third kappa shape index (κ3) is 2.45. The molecular formula is C5H13N6+. The molecular weight excluding hydrogens is 144 g/mol. The lowest BCUT2D eigenvalue weighted by atomic mass is 10.7. The molecule has 0 unspecified atom stereocenters. The molecule has 0 atom stereocenters. The number of nitrogens with one attached hydrogen (secondary N) is 1. The summed E-state index contributed by atoms with van der Waals surface area (Å²) in [5, 5.41) is 10.9. The van der Waals surface area contributed by atoms with Crippen molar-refractivity contribution in [2.24, 2.45) is 5.22 Å². The highest BCUT2D eigenvalue weighted by atomic mass is 15.7. The van der Waals surface area contributed by atoms with Crippen LogP contribution in [0.1, 0.15) is 0 Å². The van der Waals surface area contributed by atoms with Gasteiger partial charge in [0.05, 0.1) is 19.0 Å². The number of azide groups is 1. The summed E-state index contributed by atoms with van der Waals surface area (Å²) in [4.78, 5) is 4.23. The van der Waals surface area contributed by atoms with Gasteiger partial charge in [0.25, 0.3) is 0 Å². The average molecular weight is 157 g/mol. The molecule has 0 heterocycles. The molecule has 0 aromatic heterocycles. The van der Waals surface area contributed by atoms with Crippen LogP contribution < -0.4 is 0 Å². The smallest absolute Gasteiger partial charge is 0.312 e. The Hall–Kier alpha value is -1.26. The summed E-state index contributed by atoms with van der Waals surface area (Å²) in [6.45, 7) is 0. The Morgan fingerprint density at radius 2 is 2.00 bits per heavy atom. The van der Waals surface area contributed by atoms with Crippen LogP contribution in [0.15, 0.2) is 5.22 Å². The summed E-state index contributed by atoms with van der Waals surface area (Å²) in [6, 6.07) is 0. The molecule has 0 amide bonds. The molecule has 0 aliphatic carbocycles. The minimum atomic E-state index is -0.122. The van der Waals surface area contributed by atoms with Crippen molar-refractivity contribution in [3.63, 3.8) is 0 Å². The van der Waals surface area contributed by atoms with Crippen molar-refractivity contribution in [3.05, 3.63) is 10.4 Å². The molecule has 62 valence electrons. The third-order valence-electron chi connectivity index (χ3n) is 1.21. The molecule has 1 N–H and O–H groups in total. The van der Waals surface area contributed by atoms with Gasteiger partial charge < -0.3 is 4.90 Å². The molecule has 6 nitrogen and oxygen atoms in total. The van der Waals surface area contributed by atoms with E-state index in [4.69, 9.17) is 10.9 Å². The van der Waals surface area contributed by atoms with Gasteiger partial charge >= 0.3 is 5.96 Å². The highest BCUT2D eigenvalue weighted by molar-refractivity contribution is 5.68. The highest BCUT2D eigenvalue weighted by Crippen LogP contribution is 2.01. The summed E-state index contributed by atoms with van der Waals surface area (Å²) in [5.74, 6) is 0.239. The molecule has 6 heteroatoms. The van der Waals surface area contributed by atoms with E-state index < -0.39 is 0 Å². The van der Waals surface area contributed by atoms with Crippen molar-refractivity contribution in [1.82, 2.24) is 4.90 Å². The second-order valence-electron chi connectivity index (χ2n) is 2.79. The van der Waals surface area contributed by atoms with Gasteiger partial charge in [-0.1, -0.05) is 0 Å². The van der Waals surface area contributed by atoms with Crippen LogP contribution in [0.25, 0.3) is 10.4 Å². The second kappa shape index (κ2) is 3.23. The lowest BCUT2D eigenvalue weighted by molar-refractivity contribution is -0.814. The van der Waals surface area contributed by atoms with Gasteiger partial charge in [-0.2, -0.15) is 4.59 Å². The maximum absolute atomic E-state index is 8.16. The average Bonchev–Trinajstić information content (AvgIpc) is 1.86. The molecule has 0 bridgehead atoms. The van der Waals surface area contributed by atoms with Crippen LogP contribution in [-0.2, 0) is 0 Å². The van der Waals surface area contributed by atoms with Crippen LogP contribution in [0.3, 0.4) is 0 Å². The van der Waals surface area contributed by atoms with Gasteiger partial charge in [-0.05, 0) is 0 Å². The monoisotopic (exact) mass is 157 g/mol. The first-order chi connectivity index (χ1) is 4.91. The minimum absolute atomic E-state index is 0.122. The van der Waals surface area contributed by atoms with Gasteiger partial charge in [0.15, 0.2) is 0 Å². The maximum Gasteiger partial charge on any atom is 0.312 e. The first-order valence-corrected chi connectivity index (χ1v) is 3.09. The fraction of sp³-hybridized carbons (Fsp3) is 0.800. The Morgan fingerprint density at radius 3 is 2.27 bits per heavy atom. The Kier molecular flexibility index (Phi) is 2.86. The lowest BCUT2D eigenvalue weighted by Gasteiger charge is -2.24. The molecule has 0 aromatic rings. The van der Waals surface area contributed by atoms with Crippen molar-refractivity contribution >= 4 is 5.96 Å². The number of hydrogen-bond donors (Lipinski definition) is 1. The van der Waals surface area contributed by atoms with Crippen molar-refractivity contribution in [1.29, 1.82) is 5.41 Å². The molecule has 0 saturated heterocycles. The van der Waals surface area contributed by atoms with E-state index in [1.54, 1.807) is 33.1 Å². The van der Waals surface area contributed by atoms with Crippen molar-refractivity contribution in [2.75, 3.05) is 28.2 Å². The Bertz CT molecular complexity index is 199. The summed E-state index contributed by atoms with van der Waals surface area (Å²) in [7, 11) is 6.74. The van der Waals surface area contributed by atoms with E-state index in [1.165, 1.54) is 0 Å². The summed E-state index contributed by atoms with van der Waals surface area (Å²) < 4.78 is -0.122. The van der Waals surface area contributed by atoms with Crippen LogP contribution in [0.2, 0.25) is 0 Å². The molecule has 0 radical (unpaired) electrons. The lowest BCUT2D eigenvalue weighted by Crippen LogP contribution is -2.46. The van der Waals surface area contributed by atoms with Crippen molar-refractivity contribution in [3.8, 4) is 0 Å². The zero-order valence-electron chi connectivity index (χ0n) is 7.24. The third-order valence-corrected chi connectivity index (χ3v) is 1.21. The molecule has 0 aliphatic heterocycles. The van der Waals surface area contributed by atoms with E-state index in [0.717, 1.165) is 0 Å². The largest absolute Gasteiger partial charge is 0.317 e. The highest BCUT2D eigenvalue weighted by Gasteiger charge is 2.23. The van der Waals surface area contributed by atoms with Crippen molar-refractivity contribution in [2.45, 2.75) is 0 Å². The predicted molar refractivity (Wildman–Crippen MR) is 42.7 cm³/mol. The second-order valence-corrected chi connectivity index (χ2v) is 2.79. The number of hydrogen-bond acceptors (Lipinski definition) is 2. The van der Waals surface area contributed by atoms with Crippen LogP contribution in [0.5, 0.6) is 0 Å². The van der Waals surface area contributed by atoms with Gasteiger partial charge in [-0.3, -0.25) is 0 Å². The van der Waals surface area contributed by atoms with Crippen LogP contribution >= 0.6 is 0 Å². The predicted octanol–water partition coefficient (Wildman–Crippen LogP) is 0.784. The molecule has 0 aromatic carbocycles. The van der Waals surface area contributed by atoms with Gasteiger partial charge in [0, 0.05) is 19.6 Å². The van der Waals surface area contributed by atoms with E-state index >= 15 is 0 Å². The summed E-state index contributed by atoms with van der Waals surface area (Å²) >= 11 is 0. The fourth-order valence-electron chi connectivity index (χ4n) is 0.632.